The van der Waals surface area contributed by atoms with Gasteiger partial charge in [0.1, 0.15) is 5.76 Å². The molecule has 1 aromatic heterocycles. The predicted octanol–water partition coefficient (Wildman–Crippen LogP) is 1.36. The highest BCUT2D eigenvalue weighted by Gasteiger charge is 2.17. The fourth-order valence-corrected chi connectivity index (χ4v) is 2.55. The molecule has 5 heteroatoms. The molecular weight excluding hydrogens is 254 g/mol. The lowest BCUT2D eigenvalue weighted by atomic mass is 10.0. The summed E-state index contributed by atoms with van der Waals surface area (Å²) in [5, 5.41) is 6.42. The summed E-state index contributed by atoms with van der Waals surface area (Å²) in [7, 11) is 0. The molecule has 0 spiro atoms. The normalized spacial score (nSPS) is 19.2. The molecule has 2 rings (SSSR count). The lowest BCUT2D eigenvalue weighted by Gasteiger charge is -2.29. The van der Waals surface area contributed by atoms with Crippen LogP contribution in [0.2, 0.25) is 0 Å². The van der Waals surface area contributed by atoms with E-state index in [-0.39, 0.29) is 5.91 Å². The van der Waals surface area contributed by atoms with Crippen LogP contribution in [0.3, 0.4) is 0 Å². The van der Waals surface area contributed by atoms with Crippen LogP contribution < -0.4 is 10.6 Å². The number of nitrogens with one attached hydrogen (secondary N) is 2. The fraction of sp³-hybridized carbons (Fsp3) is 0.667. The smallest absolute Gasteiger partial charge is 0.234 e. The second kappa shape index (κ2) is 8.07. The minimum atomic E-state index is 0.0547. The van der Waals surface area contributed by atoms with Crippen molar-refractivity contribution in [3.63, 3.8) is 0 Å². The highest BCUT2D eigenvalue weighted by Crippen LogP contribution is 2.08. The van der Waals surface area contributed by atoms with Crippen LogP contribution in [-0.2, 0) is 11.3 Å². The monoisotopic (exact) mass is 279 g/mol. The Bertz CT molecular complexity index is 386. The molecule has 0 saturated carbocycles. The van der Waals surface area contributed by atoms with Crippen LogP contribution in [0.25, 0.3) is 0 Å². The Morgan fingerprint density at radius 2 is 2.45 bits per heavy atom. The third-order valence-corrected chi connectivity index (χ3v) is 3.75. The Morgan fingerprint density at radius 1 is 1.55 bits per heavy atom. The van der Waals surface area contributed by atoms with E-state index in [1.807, 2.05) is 12.1 Å². The lowest BCUT2D eigenvalue weighted by Crippen LogP contribution is -2.46. The molecule has 1 atom stereocenters. The molecule has 1 aliphatic rings. The van der Waals surface area contributed by atoms with E-state index in [9.17, 15) is 4.79 Å². The van der Waals surface area contributed by atoms with E-state index in [0.717, 1.165) is 25.4 Å². The van der Waals surface area contributed by atoms with E-state index in [1.54, 1.807) is 6.26 Å². The van der Waals surface area contributed by atoms with Crippen LogP contribution in [0.1, 0.15) is 31.9 Å². The van der Waals surface area contributed by atoms with Gasteiger partial charge in [0.05, 0.1) is 19.4 Å². The van der Waals surface area contributed by atoms with Crippen molar-refractivity contribution in [2.24, 2.45) is 0 Å². The first-order valence-corrected chi connectivity index (χ1v) is 7.52. The van der Waals surface area contributed by atoms with Crippen molar-refractivity contribution < 1.29 is 9.21 Å². The zero-order valence-electron chi connectivity index (χ0n) is 12.2. The minimum Gasteiger partial charge on any atom is -0.467 e. The second-order valence-electron chi connectivity index (χ2n) is 5.33. The maximum atomic E-state index is 11.9. The SMILES string of the molecule is CCN(CC(=O)NCc1ccco1)CC1CCCCN1. The summed E-state index contributed by atoms with van der Waals surface area (Å²) in [5.41, 5.74) is 0. The topological polar surface area (TPSA) is 57.5 Å². The number of amides is 1. The first-order chi connectivity index (χ1) is 9.78. The Kier molecular flexibility index (Phi) is 6.08. The first-order valence-electron chi connectivity index (χ1n) is 7.52. The van der Waals surface area contributed by atoms with E-state index in [0.29, 0.717) is 19.1 Å². The predicted molar refractivity (Wildman–Crippen MR) is 78.3 cm³/mol. The number of carbonyl (C=O) groups excluding carboxylic acids is 1. The van der Waals surface area contributed by atoms with Crippen LogP contribution in [0.5, 0.6) is 0 Å². The molecule has 20 heavy (non-hydrogen) atoms. The van der Waals surface area contributed by atoms with E-state index in [4.69, 9.17) is 4.42 Å². The third kappa shape index (κ3) is 4.98. The van der Waals surface area contributed by atoms with Gasteiger partial charge in [0, 0.05) is 12.6 Å². The van der Waals surface area contributed by atoms with Crippen LogP contribution >= 0.6 is 0 Å². The number of likely N-dealkylation sites (N-methyl/N-ethyl adjacent to an activating group) is 1. The molecule has 2 N–H and O–H groups in total. The lowest BCUT2D eigenvalue weighted by molar-refractivity contribution is -0.122. The van der Waals surface area contributed by atoms with Crippen molar-refractivity contribution in [3.8, 4) is 0 Å². The minimum absolute atomic E-state index is 0.0547. The second-order valence-corrected chi connectivity index (χ2v) is 5.33. The first kappa shape index (κ1) is 15.1. The summed E-state index contributed by atoms with van der Waals surface area (Å²) in [6.45, 7) is 5.97. The van der Waals surface area contributed by atoms with Gasteiger partial charge in [-0.2, -0.15) is 0 Å². The average Bonchev–Trinajstić information content (AvgIpc) is 2.99. The molecule has 1 aliphatic heterocycles. The molecule has 2 heterocycles. The molecule has 0 bridgehead atoms. The van der Waals surface area contributed by atoms with Crippen molar-refractivity contribution in [2.75, 3.05) is 26.2 Å². The molecule has 0 aromatic carbocycles. The number of furan rings is 1. The summed E-state index contributed by atoms with van der Waals surface area (Å²) >= 11 is 0. The highest BCUT2D eigenvalue weighted by atomic mass is 16.3. The number of rotatable bonds is 7. The number of hydrogen-bond donors (Lipinski definition) is 2. The molecule has 0 radical (unpaired) electrons. The molecular formula is C15H25N3O2. The number of carbonyl (C=O) groups is 1. The summed E-state index contributed by atoms with van der Waals surface area (Å²) in [6.07, 6.45) is 5.39. The zero-order valence-corrected chi connectivity index (χ0v) is 12.2. The van der Waals surface area contributed by atoms with E-state index in [1.165, 1.54) is 19.3 Å². The van der Waals surface area contributed by atoms with Crippen LogP contribution in [0, 0.1) is 0 Å². The summed E-state index contributed by atoms with van der Waals surface area (Å²) in [5.74, 6) is 0.842. The van der Waals surface area contributed by atoms with Crippen molar-refractivity contribution in [2.45, 2.75) is 38.8 Å². The molecule has 1 aromatic rings. The maximum Gasteiger partial charge on any atom is 0.234 e. The Hall–Kier alpha value is -1.33. The number of hydrogen-bond acceptors (Lipinski definition) is 4. The van der Waals surface area contributed by atoms with Gasteiger partial charge in [-0.15, -0.1) is 0 Å². The summed E-state index contributed by atoms with van der Waals surface area (Å²) in [6, 6.07) is 4.22. The van der Waals surface area contributed by atoms with Crippen molar-refractivity contribution in [3.05, 3.63) is 24.2 Å². The van der Waals surface area contributed by atoms with Gasteiger partial charge in [-0.1, -0.05) is 13.3 Å². The average molecular weight is 279 g/mol. The van der Waals surface area contributed by atoms with Crippen LogP contribution in [0.15, 0.2) is 22.8 Å². The summed E-state index contributed by atoms with van der Waals surface area (Å²) in [4.78, 5) is 14.1. The van der Waals surface area contributed by atoms with E-state index < -0.39 is 0 Å². The number of nitrogens with zero attached hydrogens (tertiary/aromatic N) is 1. The maximum absolute atomic E-state index is 11.9. The van der Waals surface area contributed by atoms with E-state index >= 15 is 0 Å². The molecule has 1 saturated heterocycles. The Balaban J connectivity index is 1.69. The van der Waals surface area contributed by atoms with Gasteiger partial charge in [-0.05, 0) is 38.1 Å². The molecule has 1 amide bonds. The molecule has 1 fully saturated rings. The fourth-order valence-electron chi connectivity index (χ4n) is 2.55. The van der Waals surface area contributed by atoms with Gasteiger partial charge < -0.3 is 15.1 Å². The van der Waals surface area contributed by atoms with Gasteiger partial charge in [0.2, 0.25) is 5.91 Å². The summed E-state index contributed by atoms with van der Waals surface area (Å²) < 4.78 is 5.20. The standard InChI is InChI=1S/C15H25N3O2/c1-2-18(11-13-6-3-4-8-16-13)12-15(19)17-10-14-7-5-9-20-14/h5,7,9,13,16H,2-4,6,8,10-12H2,1H3,(H,17,19). The third-order valence-electron chi connectivity index (χ3n) is 3.75. The van der Waals surface area contributed by atoms with E-state index in [2.05, 4.69) is 22.5 Å². The van der Waals surface area contributed by atoms with Crippen molar-refractivity contribution in [1.82, 2.24) is 15.5 Å². The van der Waals surface area contributed by atoms with Crippen molar-refractivity contribution in [1.29, 1.82) is 0 Å². The number of piperidine rings is 1. The van der Waals surface area contributed by atoms with Gasteiger partial charge in [-0.25, -0.2) is 0 Å². The van der Waals surface area contributed by atoms with Gasteiger partial charge >= 0.3 is 0 Å². The largest absolute Gasteiger partial charge is 0.467 e. The Morgan fingerprint density at radius 3 is 3.10 bits per heavy atom. The molecule has 5 nitrogen and oxygen atoms in total. The molecule has 1 unspecified atom stereocenters. The molecule has 0 aliphatic carbocycles. The van der Waals surface area contributed by atoms with Crippen molar-refractivity contribution >= 4 is 5.91 Å². The van der Waals surface area contributed by atoms with Crippen LogP contribution in [0.4, 0.5) is 0 Å². The molecule has 112 valence electrons. The van der Waals surface area contributed by atoms with Gasteiger partial charge in [-0.3, -0.25) is 9.69 Å². The Labute approximate surface area is 120 Å². The van der Waals surface area contributed by atoms with Gasteiger partial charge in [0.15, 0.2) is 0 Å². The van der Waals surface area contributed by atoms with Gasteiger partial charge in [0.25, 0.3) is 0 Å². The highest BCUT2D eigenvalue weighted by molar-refractivity contribution is 5.77. The quantitative estimate of drug-likeness (QED) is 0.791. The van der Waals surface area contributed by atoms with Crippen LogP contribution in [-0.4, -0.2) is 43.0 Å². The zero-order chi connectivity index (χ0) is 14.2.